The van der Waals surface area contributed by atoms with Crippen LogP contribution in [-0.4, -0.2) is 35.7 Å². The second-order valence-corrected chi connectivity index (χ2v) is 4.76. The number of nitrogens with one attached hydrogen (secondary N) is 2. The second-order valence-electron chi connectivity index (χ2n) is 4.76. The van der Waals surface area contributed by atoms with E-state index < -0.39 is 0 Å². The third kappa shape index (κ3) is 8.68. The average molecular weight is 230 g/mol. The predicted molar refractivity (Wildman–Crippen MR) is 66.3 cm³/mol. The van der Waals surface area contributed by atoms with Gasteiger partial charge in [-0.2, -0.15) is 0 Å². The van der Waals surface area contributed by atoms with Gasteiger partial charge in [-0.05, 0) is 40.5 Å². The van der Waals surface area contributed by atoms with E-state index in [1.165, 1.54) is 0 Å². The topological polar surface area (TPSA) is 61.4 Å². The molecule has 4 heteroatoms. The molecule has 2 unspecified atom stereocenters. The summed E-state index contributed by atoms with van der Waals surface area (Å²) in [5.74, 6) is 0.0874. The molecule has 0 rings (SSSR count). The van der Waals surface area contributed by atoms with Crippen LogP contribution in [-0.2, 0) is 4.79 Å². The molecule has 0 aliphatic carbocycles. The van der Waals surface area contributed by atoms with Crippen LogP contribution in [0.5, 0.6) is 0 Å². The summed E-state index contributed by atoms with van der Waals surface area (Å²) in [7, 11) is 0. The maximum atomic E-state index is 11.5. The largest absolute Gasteiger partial charge is 0.396 e. The highest BCUT2D eigenvalue weighted by atomic mass is 16.2. The molecule has 0 saturated heterocycles. The zero-order valence-corrected chi connectivity index (χ0v) is 10.9. The molecule has 0 aliphatic rings. The first-order valence-corrected chi connectivity index (χ1v) is 6.12. The van der Waals surface area contributed by atoms with Gasteiger partial charge in [0.25, 0.3) is 0 Å². The summed E-state index contributed by atoms with van der Waals surface area (Å²) in [5, 5.41) is 14.9. The molecule has 16 heavy (non-hydrogen) atoms. The standard InChI is InChI=1S/C12H26N2O2/c1-9(2)13-12(16)8-11(4)14-10(3)6-5-7-15/h9-11,14-15H,5-8H2,1-4H3,(H,13,16). The highest BCUT2D eigenvalue weighted by Crippen LogP contribution is 2.00. The Morgan fingerprint density at radius 1 is 1.19 bits per heavy atom. The van der Waals surface area contributed by atoms with E-state index in [4.69, 9.17) is 5.11 Å². The molecule has 0 spiro atoms. The molecule has 96 valence electrons. The Bertz CT molecular complexity index is 195. The van der Waals surface area contributed by atoms with Crippen molar-refractivity contribution >= 4 is 5.91 Å². The van der Waals surface area contributed by atoms with Crippen LogP contribution in [0.4, 0.5) is 0 Å². The average Bonchev–Trinajstić information content (AvgIpc) is 2.12. The van der Waals surface area contributed by atoms with E-state index in [2.05, 4.69) is 17.6 Å². The summed E-state index contributed by atoms with van der Waals surface area (Å²) in [6.45, 7) is 8.23. The van der Waals surface area contributed by atoms with Gasteiger partial charge in [-0.25, -0.2) is 0 Å². The summed E-state index contributed by atoms with van der Waals surface area (Å²) in [4.78, 5) is 11.5. The number of hydrogen-bond donors (Lipinski definition) is 3. The fourth-order valence-corrected chi connectivity index (χ4v) is 1.68. The van der Waals surface area contributed by atoms with Crippen molar-refractivity contribution < 1.29 is 9.90 Å². The lowest BCUT2D eigenvalue weighted by atomic mass is 10.1. The zero-order valence-electron chi connectivity index (χ0n) is 10.9. The maximum Gasteiger partial charge on any atom is 0.221 e. The first-order chi connectivity index (χ1) is 7.45. The van der Waals surface area contributed by atoms with E-state index in [0.717, 1.165) is 12.8 Å². The Labute approximate surface area is 98.8 Å². The minimum Gasteiger partial charge on any atom is -0.396 e. The summed E-state index contributed by atoms with van der Waals surface area (Å²) >= 11 is 0. The molecule has 0 radical (unpaired) electrons. The Morgan fingerprint density at radius 2 is 1.81 bits per heavy atom. The molecular weight excluding hydrogens is 204 g/mol. The molecule has 0 bridgehead atoms. The van der Waals surface area contributed by atoms with Gasteiger partial charge >= 0.3 is 0 Å². The van der Waals surface area contributed by atoms with E-state index in [-0.39, 0.29) is 24.6 Å². The molecule has 0 aromatic heterocycles. The van der Waals surface area contributed by atoms with Crippen LogP contribution in [0.15, 0.2) is 0 Å². The van der Waals surface area contributed by atoms with Crippen LogP contribution in [0.25, 0.3) is 0 Å². The van der Waals surface area contributed by atoms with Crippen molar-refractivity contribution in [2.45, 2.75) is 65.1 Å². The molecule has 0 fully saturated rings. The highest BCUT2D eigenvalue weighted by molar-refractivity contribution is 5.76. The van der Waals surface area contributed by atoms with Crippen LogP contribution in [0, 0.1) is 0 Å². The number of hydrogen-bond acceptors (Lipinski definition) is 3. The van der Waals surface area contributed by atoms with E-state index in [1.54, 1.807) is 0 Å². The molecule has 3 N–H and O–H groups in total. The van der Waals surface area contributed by atoms with Crippen molar-refractivity contribution in [1.29, 1.82) is 0 Å². The fraction of sp³-hybridized carbons (Fsp3) is 0.917. The van der Waals surface area contributed by atoms with Gasteiger partial charge in [0.15, 0.2) is 0 Å². The minimum atomic E-state index is 0.0874. The van der Waals surface area contributed by atoms with Crippen LogP contribution in [0.1, 0.15) is 47.0 Å². The number of carbonyl (C=O) groups excluding carboxylic acids is 1. The molecule has 1 amide bonds. The Morgan fingerprint density at radius 3 is 2.31 bits per heavy atom. The first kappa shape index (κ1) is 15.4. The summed E-state index contributed by atoms with van der Waals surface area (Å²) in [6, 6.07) is 0.716. The van der Waals surface area contributed by atoms with Crippen molar-refractivity contribution in [3.05, 3.63) is 0 Å². The van der Waals surface area contributed by atoms with Gasteiger partial charge in [0.05, 0.1) is 0 Å². The van der Waals surface area contributed by atoms with Crippen molar-refractivity contribution in [3.8, 4) is 0 Å². The Kier molecular flexibility index (Phi) is 8.21. The third-order valence-corrected chi connectivity index (χ3v) is 2.31. The van der Waals surface area contributed by atoms with Gasteiger partial charge in [-0.3, -0.25) is 4.79 Å². The molecule has 0 aliphatic heterocycles. The van der Waals surface area contributed by atoms with Crippen molar-refractivity contribution in [1.82, 2.24) is 10.6 Å². The highest BCUT2D eigenvalue weighted by Gasteiger charge is 2.11. The molecule has 0 aromatic carbocycles. The Hall–Kier alpha value is -0.610. The monoisotopic (exact) mass is 230 g/mol. The lowest BCUT2D eigenvalue weighted by molar-refractivity contribution is -0.122. The SMILES string of the molecule is CC(C)NC(=O)CC(C)NC(C)CCCO. The van der Waals surface area contributed by atoms with Crippen molar-refractivity contribution in [2.24, 2.45) is 0 Å². The van der Waals surface area contributed by atoms with Crippen molar-refractivity contribution in [3.63, 3.8) is 0 Å². The maximum absolute atomic E-state index is 11.5. The van der Waals surface area contributed by atoms with E-state index in [9.17, 15) is 4.79 Å². The van der Waals surface area contributed by atoms with Crippen LogP contribution in [0.2, 0.25) is 0 Å². The molecule has 0 heterocycles. The van der Waals surface area contributed by atoms with E-state index in [0.29, 0.717) is 12.5 Å². The molecule has 0 saturated carbocycles. The number of rotatable bonds is 8. The summed E-state index contributed by atoms with van der Waals surface area (Å²) < 4.78 is 0. The fourth-order valence-electron chi connectivity index (χ4n) is 1.68. The van der Waals surface area contributed by atoms with E-state index >= 15 is 0 Å². The molecule has 2 atom stereocenters. The molecular formula is C12H26N2O2. The summed E-state index contributed by atoms with van der Waals surface area (Å²) in [5.41, 5.74) is 0. The lowest BCUT2D eigenvalue weighted by Crippen LogP contribution is -2.40. The number of aliphatic hydroxyl groups is 1. The number of aliphatic hydroxyl groups excluding tert-OH is 1. The van der Waals surface area contributed by atoms with Gasteiger partial charge in [-0.1, -0.05) is 0 Å². The minimum absolute atomic E-state index is 0.0874. The van der Waals surface area contributed by atoms with E-state index in [1.807, 2.05) is 20.8 Å². The van der Waals surface area contributed by atoms with Gasteiger partial charge in [0.1, 0.15) is 0 Å². The van der Waals surface area contributed by atoms with Gasteiger partial charge in [0.2, 0.25) is 5.91 Å². The van der Waals surface area contributed by atoms with Crippen LogP contribution >= 0.6 is 0 Å². The molecule has 0 aromatic rings. The van der Waals surface area contributed by atoms with Crippen LogP contribution < -0.4 is 10.6 Å². The van der Waals surface area contributed by atoms with Gasteiger partial charge < -0.3 is 15.7 Å². The second kappa shape index (κ2) is 8.53. The number of carbonyl (C=O) groups is 1. The van der Waals surface area contributed by atoms with Gasteiger partial charge in [-0.15, -0.1) is 0 Å². The number of amides is 1. The Balaban J connectivity index is 3.71. The zero-order chi connectivity index (χ0) is 12.6. The molecule has 4 nitrogen and oxygen atoms in total. The van der Waals surface area contributed by atoms with Gasteiger partial charge in [0, 0.05) is 31.2 Å². The normalized spacial score (nSPS) is 14.9. The predicted octanol–water partition coefficient (Wildman–Crippen LogP) is 1.04. The summed E-state index contributed by atoms with van der Waals surface area (Å²) in [6.07, 6.45) is 2.24. The first-order valence-electron chi connectivity index (χ1n) is 6.12. The smallest absolute Gasteiger partial charge is 0.221 e. The van der Waals surface area contributed by atoms with Crippen LogP contribution in [0.3, 0.4) is 0 Å². The van der Waals surface area contributed by atoms with Crippen molar-refractivity contribution in [2.75, 3.05) is 6.61 Å². The third-order valence-electron chi connectivity index (χ3n) is 2.31. The quantitative estimate of drug-likeness (QED) is 0.584. The lowest BCUT2D eigenvalue weighted by Gasteiger charge is -2.20.